The lowest BCUT2D eigenvalue weighted by Gasteiger charge is -2.37. The Morgan fingerprint density at radius 1 is 1.35 bits per heavy atom. The van der Waals surface area contributed by atoms with Gasteiger partial charge in [-0.3, -0.25) is 9.48 Å². The third kappa shape index (κ3) is 3.89. The number of halogens is 1. The molecule has 5 nitrogen and oxygen atoms in total. The first-order chi connectivity index (χ1) is 10.7. The van der Waals surface area contributed by atoms with Crippen molar-refractivity contribution in [2.24, 2.45) is 11.8 Å². The molecule has 1 aliphatic carbocycles. The fraction of sp³-hybridized carbons (Fsp3) is 0.765. The van der Waals surface area contributed by atoms with Crippen LogP contribution < -0.4 is 10.6 Å². The van der Waals surface area contributed by atoms with Crippen LogP contribution in [0.25, 0.3) is 0 Å². The van der Waals surface area contributed by atoms with E-state index >= 15 is 0 Å². The average molecular weight is 341 g/mol. The number of nitrogens with zero attached hydrogens (tertiary/aromatic N) is 2. The number of amides is 1. The lowest BCUT2D eigenvalue weighted by molar-refractivity contribution is -0.132. The summed E-state index contributed by atoms with van der Waals surface area (Å²) in [5, 5.41) is 11.0. The zero-order chi connectivity index (χ0) is 15.4. The maximum atomic E-state index is 13.0. The van der Waals surface area contributed by atoms with E-state index in [4.69, 9.17) is 0 Å². The smallest absolute Gasteiger partial charge is 0.248 e. The van der Waals surface area contributed by atoms with Crippen molar-refractivity contribution in [1.82, 2.24) is 20.4 Å². The van der Waals surface area contributed by atoms with Crippen molar-refractivity contribution >= 4 is 18.3 Å². The van der Waals surface area contributed by atoms with Gasteiger partial charge in [-0.15, -0.1) is 12.4 Å². The van der Waals surface area contributed by atoms with Crippen LogP contribution in [0.1, 0.15) is 45.4 Å². The van der Waals surface area contributed by atoms with E-state index < -0.39 is 5.54 Å². The van der Waals surface area contributed by atoms with E-state index in [0.717, 1.165) is 38.4 Å². The summed E-state index contributed by atoms with van der Waals surface area (Å²) in [5.74, 6) is 1.51. The molecule has 3 rings (SSSR count). The summed E-state index contributed by atoms with van der Waals surface area (Å²) in [4.78, 5) is 13.0. The third-order valence-electron chi connectivity index (χ3n) is 5.61. The molecule has 0 bridgehead atoms. The number of aromatic nitrogens is 2. The van der Waals surface area contributed by atoms with Crippen LogP contribution in [0.5, 0.6) is 0 Å². The van der Waals surface area contributed by atoms with Crippen LogP contribution in [0.3, 0.4) is 0 Å². The Balaban J connectivity index is 0.00000192. The summed E-state index contributed by atoms with van der Waals surface area (Å²) in [6, 6.07) is 1.90. The zero-order valence-corrected chi connectivity index (χ0v) is 14.8. The maximum absolute atomic E-state index is 13.0. The first-order valence-electron chi connectivity index (χ1n) is 8.71. The topological polar surface area (TPSA) is 59.0 Å². The van der Waals surface area contributed by atoms with Crippen LogP contribution in [0, 0.1) is 11.8 Å². The van der Waals surface area contributed by atoms with E-state index in [9.17, 15) is 4.79 Å². The molecule has 2 atom stereocenters. The minimum atomic E-state index is -0.507. The zero-order valence-electron chi connectivity index (χ0n) is 14.0. The van der Waals surface area contributed by atoms with Crippen molar-refractivity contribution in [2.45, 2.75) is 51.0 Å². The maximum Gasteiger partial charge on any atom is 0.248 e. The molecule has 1 aliphatic heterocycles. The largest absolute Gasteiger partial charge is 0.354 e. The van der Waals surface area contributed by atoms with Crippen molar-refractivity contribution in [3.05, 3.63) is 18.5 Å². The van der Waals surface area contributed by atoms with Crippen LogP contribution in [0.15, 0.2) is 18.5 Å². The summed E-state index contributed by atoms with van der Waals surface area (Å²) < 4.78 is 1.87. The lowest BCUT2D eigenvalue weighted by atomic mass is 9.80. The summed E-state index contributed by atoms with van der Waals surface area (Å²) in [5.41, 5.74) is -0.507. The fourth-order valence-corrected chi connectivity index (χ4v) is 4.01. The Bertz CT molecular complexity index is 485. The molecule has 1 saturated heterocycles. The van der Waals surface area contributed by atoms with Gasteiger partial charge in [-0.1, -0.05) is 26.2 Å². The first kappa shape index (κ1) is 18.3. The summed E-state index contributed by atoms with van der Waals surface area (Å²) in [7, 11) is 0. The standard InChI is InChI=1S/C17H28N4O.ClH/c1-14-5-2-3-6-15(14)13-19-16(22)17(7-10-18-11-8-17)21-12-4-9-20-21;/h4,9,12,14-15,18H,2-3,5-8,10-11,13H2,1H3,(H,19,22);1H. The third-order valence-corrected chi connectivity index (χ3v) is 5.61. The normalized spacial score (nSPS) is 27.0. The highest BCUT2D eigenvalue weighted by atomic mass is 35.5. The van der Waals surface area contributed by atoms with Crippen molar-refractivity contribution in [3.63, 3.8) is 0 Å². The van der Waals surface area contributed by atoms with Gasteiger partial charge in [0, 0.05) is 18.9 Å². The summed E-state index contributed by atoms with van der Waals surface area (Å²) >= 11 is 0. The first-order valence-corrected chi connectivity index (χ1v) is 8.71. The van der Waals surface area contributed by atoms with Gasteiger partial charge in [-0.2, -0.15) is 5.10 Å². The predicted molar refractivity (Wildman–Crippen MR) is 93.7 cm³/mol. The highest BCUT2D eigenvalue weighted by Gasteiger charge is 2.42. The summed E-state index contributed by atoms with van der Waals surface area (Å²) in [6.07, 6.45) is 10.5. The number of carbonyl (C=O) groups excluding carboxylic acids is 1. The molecular formula is C17H29ClN4O. The second-order valence-electron chi connectivity index (χ2n) is 6.96. The van der Waals surface area contributed by atoms with E-state index in [2.05, 4.69) is 22.7 Å². The van der Waals surface area contributed by atoms with Crippen LogP contribution in [0.4, 0.5) is 0 Å². The highest BCUT2D eigenvalue weighted by molar-refractivity contribution is 5.85. The van der Waals surface area contributed by atoms with Gasteiger partial charge in [-0.05, 0) is 50.3 Å². The Morgan fingerprint density at radius 2 is 2.09 bits per heavy atom. The van der Waals surface area contributed by atoms with Gasteiger partial charge in [0.2, 0.25) is 5.91 Å². The molecule has 2 N–H and O–H groups in total. The average Bonchev–Trinajstić information content (AvgIpc) is 3.09. The minimum absolute atomic E-state index is 0. The second kappa shape index (κ2) is 8.15. The molecule has 0 aromatic carbocycles. The number of carbonyl (C=O) groups is 1. The van der Waals surface area contributed by atoms with E-state index in [1.807, 2.05) is 16.9 Å². The Morgan fingerprint density at radius 3 is 2.74 bits per heavy atom. The number of hydrogen-bond acceptors (Lipinski definition) is 3. The molecule has 2 unspecified atom stereocenters. The number of rotatable bonds is 4. The van der Waals surface area contributed by atoms with Crippen LogP contribution in [0.2, 0.25) is 0 Å². The number of piperidine rings is 1. The molecule has 0 spiro atoms. The van der Waals surface area contributed by atoms with E-state index in [1.165, 1.54) is 25.7 Å². The Labute approximate surface area is 145 Å². The molecule has 23 heavy (non-hydrogen) atoms. The lowest BCUT2D eigenvalue weighted by Crippen LogP contribution is -2.55. The molecular weight excluding hydrogens is 312 g/mol. The van der Waals surface area contributed by atoms with Gasteiger partial charge < -0.3 is 10.6 Å². The molecule has 2 heterocycles. The molecule has 1 aromatic rings. The molecule has 1 saturated carbocycles. The Kier molecular flexibility index (Phi) is 6.48. The number of nitrogens with one attached hydrogen (secondary N) is 2. The predicted octanol–water partition coefficient (Wildman–Crippen LogP) is 2.33. The Hall–Kier alpha value is -1.07. The SMILES string of the molecule is CC1CCCCC1CNC(=O)C1(n2cccn2)CCNCC1.Cl. The quantitative estimate of drug-likeness (QED) is 0.884. The van der Waals surface area contributed by atoms with Crippen molar-refractivity contribution < 1.29 is 4.79 Å². The van der Waals surface area contributed by atoms with Crippen molar-refractivity contribution in [3.8, 4) is 0 Å². The van der Waals surface area contributed by atoms with E-state index in [1.54, 1.807) is 6.20 Å². The molecule has 1 amide bonds. The molecule has 2 fully saturated rings. The van der Waals surface area contributed by atoms with E-state index in [0.29, 0.717) is 5.92 Å². The van der Waals surface area contributed by atoms with Gasteiger partial charge in [0.05, 0.1) is 0 Å². The highest BCUT2D eigenvalue weighted by Crippen LogP contribution is 2.30. The van der Waals surface area contributed by atoms with Crippen LogP contribution >= 0.6 is 12.4 Å². The van der Waals surface area contributed by atoms with Gasteiger partial charge in [0.15, 0.2) is 0 Å². The van der Waals surface area contributed by atoms with Gasteiger partial charge in [0.1, 0.15) is 5.54 Å². The fourth-order valence-electron chi connectivity index (χ4n) is 4.01. The molecule has 6 heteroatoms. The van der Waals surface area contributed by atoms with Gasteiger partial charge in [0.25, 0.3) is 0 Å². The van der Waals surface area contributed by atoms with Crippen LogP contribution in [-0.2, 0) is 10.3 Å². The van der Waals surface area contributed by atoms with Crippen molar-refractivity contribution in [1.29, 1.82) is 0 Å². The van der Waals surface area contributed by atoms with E-state index in [-0.39, 0.29) is 18.3 Å². The second-order valence-corrected chi connectivity index (χ2v) is 6.96. The molecule has 2 aliphatic rings. The van der Waals surface area contributed by atoms with Crippen LogP contribution in [-0.4, -0.2) is 35.3 Å². The number of hydrogen-bond donors (Lipinski definition) is 2. The molecule has 0 radical (unpaired) electrons. The summed E-state index contributed by atoms with van der Waals surface area (Å²) in [6.45, 7) is 4.88. The van der Waals surface area contributed by atoms with Crippen molar-refractivity contribution in [2.75, 3.05) is 19.6 Å². The van der Waals surface area contributed by atoms with Gasteiger partial charge >= 0.3 is 0 Å². The monoisotopic (exact) mass is 340 g/mol. The molecule has 1 aromatic heterocycles. The molecule has 130 valence electrons. The minimum Gasteiger partial charge on any atom is -0.354 e. The van der Waals surface area contributed by atoms with Gasteiger partial charge in [-0.25, -0.2) is 0 Å².